The molecule has 1 aromatic rings. The molecule has 2 heterocycles. The van der Waals surface area contributed by atoms with Gasteiger partial charge in [-0.2, -0.15) is 5.10 Å². The highest BCUT2D eigenvalue weighted by molar-refractivity contribution is 6.21. The standard InChI is InChI=1S/C14H14ClN3O3/c15-11-6-12-10(9(11)5-13(19)21-12)7-17-18-14(20)8-1-3-16-4-2-8/h1-4,7,9-12H,5-6H2,(H,18,20)/t9-,10-,11-,12-/m1/s1. The van der Waals surface area contributed by atoms with Crippen LogP contribution in [0.3, 0.4) is 0 Å². The number of pyridine rings is 1. The molecule has 1 aromatic heterocycles. The molecule has 2 fully saturated rings. The lowest BCUT2D eigenvalue weighted by Crippen LogP contribution is -2.34. The zero-order valence-corrected chi connectivity index (χ0v) is 11.9. The van der Waals surface area contributed by atoms with Gasteiger partial charge >= 0.3 is 5.97 Å². The Labute approximate surface area is 126 Å². The molecule has 0 unspecified atom stereocenters. The van der Waals surface area contributed by atoms with Gasteiger partial charge in [0, 0.05) is 41.9 Å². The number of amides is 1. The van der Waals surface area contributed by atoms with Crippen LogP contribution in [-0.2, 0) is 9.53 Å². The molecule has 1 aliphatic heterocycles. The molecule has 1 N–H and O–H groups in total. The van der Waals surface area contributed by atoms with Crippen LogP contribution in [-0.4, -0.2) is 34.6 Å². The monoisotopic (exact) mass is 307 g/mol. The maximum atomic E-state index is 11.8. The zero-order chi connectivity index (χ0) is 14.8. The number of carbonyl (C=O) groups is 2. The van der Waals surface area contributed by atoms with E-state index < -0.39 is 0 Å². The van der Waals surface area contributed by atoms with Gasteiger partial charge in [-0.15, -0.1) is 11.6 Å². The molecule has 0 radical (unpaired) electrons. The highest BCUT2D eigenvalue weighted by Gasteiger charge is 2.48. The number of hydrazone groups is 1. The van der Waals surface area contributed by atoms with Crippen LogP contribution in [0.4, 0.5) is 0 Å². The van der Waals surface area contributed by atoms with Crippen LogP contribution in [0.2, 0.25) is 0 Å². The van der Waals surface area contributed by atoms with Crippen LogP contribution in [0, 0.1) is 11.8 Å². The van der Waals surface area contributed by atoms with E-state index in [-0.39, 0.29) is 35.2 Å². The van der Waals surface area contributed by atoms with Gasteiger partial charge in [0.15, 0.2) is 0 Å². The zero-order valence-electron chi connectivity index (χ0n) is 11.1. The molecule has 7 heteroatoms. The first-order chi connectivity index (χ1) is 10.1. The molecule has 6 nitrogen and oxygen atoms in total. The largest absolute Gasteiger partial charge is 0.462 e. The SMILES string of the molecule is O=C1C[C@@H]2[C@@H](C=NNC(=O)c3ccncc3)[C@@H](C[C@H]2Cl)O1. The van der Waals surface area contributed by atoms with Crippen molar-refractivity contribution in [2.45, 2.75) is 24.3 Å². The van der Waals surface area contributed by atoms with Crippen LogP contribution in [0.15, 0.2) is 29.6 Å². The number of aromatic nitrogens is 1. The first-order valence-electron chi connectivity index (χ1n) is 6.72. The van der Waals surface area contributed by atoms with Gasteiger partial charge in [0.05, 0.1) is 6.42 Å². The number of hydrogen-bond acceptors (Lipinski definition) is 5. The van der Waals surface area contributed by atoms with E-state index in [1.54, 1.807) is 18.3 Å². The summed E-state index contributed by atoms with van der Waals surface area (Å²) in [5.74, 6) is -0.530. The molecule has 0 aromatic carbocycles. The Kier molecular flexibility index (Phi) is 3.88. The Morgan fingerprint density at radius 1 is 1.48 bits per heavy atom. The predicted molar refractivity (Wildman–Crippen MR) is 75.9 cm³/mol. The van der Waals surface area contributed by atoms with Gasteiger partial charge in [-0.25, -0.2) is 5.43 Å². The highest BCUT2D eigenvalue weighted by atomic mass is 35.5. The molecular formula is C14H14ClN3O3. The third-order valence-corrected chi connectivity index (χ3v) is 4.39. The summed E-state index contributed by atoms with van der Waals surface area (Å²) in [6.45, 7) is 0. The maximum absolute atomic E-state index is 11.8. The van der Waals surface area contributed by atoms with Gasteiger partial charge in [0.1, 0.15) is 6.10 Å². The quantitative estimate of drug-likeness (QED) is 0.396. The van der Waals surface area contributed by atoms with Crippen molar-refractivity contribution in [3.8, 4) is 0 Å². The molecule has 1 aliphatic carbocycles. The first kappa shape index (κ1) is 14.0. The van der Waals surface area contributed by atoms with Gasteiger partial charge in [-0.3, -0.25) is 14.6 Å². The molecule has 110 valence electrons. The van der Waals surface area contributed by atoms with Gasteiger partial charge < -0.3 is 4.74 Å². The van der Waals surface area contributed by atoms with E-state index >= 15 is 0 Å². The highest BCUT2D eigenvalue weighted by Crippen LogP contribution is 2.42. The molecule has 1 amide bonds. The van der Waals surface area contributed by atoms with Gasteiger partial charge in [-0.1, -0.05) is 0 Å². The average molecular weight is 308 g/mol. The minimum atomic E-state index is -0.309. The maximum Gasteiger partial charge on any atom is 0.306 e. The fourth-order valence-electron chi connectivity index (χ4n) is 2.83. The normalized spacial score (nSPS) is 31.2. The van der Waals surface area contributed by atoms with Crippen molar-refractivity contribution in [1.82, 2.24) is 10.4 Å². The third-order valence-electron chi connectivity index (χ3n) is 3.89. The lowest BCUT2D eigenvalue weighted by Gasteiger charge is -2.26. The summed E-state index contributed by atoms with van der Waals surface area (Å²) in [5, 5.41) is 3.89. The molecule has 2 bridgehead atoms. The lowest BCUT2D eigenvalue weighted by atomic mass is 9.91. The summed E-state index contributed by atoms with van der Waals surface area (Å²) in [5.41, 5.74) is 2.94. The molecule has 4 atom stereocenters. The number of fused-ring (bicyclic) bond motifs is 2. The van der Waals surface area contributed by atoms with Crippen LogP contribution < -0.4 is 5.43 Å². The summed E-state index contributed by atoms with van der Waals surface area (Å²) in [6.07, 6.45) is 5.41. The molecule has 1 saturated carbocycles. The number of rotatable bonds is 3. The second-order valence-corrected chi connectivity index (χ2v) is 5.74. The number of nitrogens with one attached hydrogen (secondary N) is 1. The van der Waals surface area contributed by atoms with Crippen molar-refractivity contribution in [2.75, 3.05) is 0 Å². The molecule has 1 saturated heterocycles. The Morgan fingerprint density at radius 2 is 2.24 bits per heavy atom. The van der Waals surface area contributed by atoms with Crippen molar-refractivity contribution in [3.05, 3.63) is 30.1 Å². The summed E-state index contributed by atoms with van der Waals surface area (Å²) >= 11 is 6.22. The fourth-order valence-corrected chi connectivity index (χ4v) is 3.26. The Bertz CT molecular complexity index is 578. The topological polar surface area (TPSA) is 80.7 Å². The summed E-state index contributed by atoms with van der Waals surface area (Å²) in [7, 11) is 0. The van der Waals surface area contributed by atoms with Crippen LogP contribution in [0.25, 0.3) is 0 Å². The number of nitrogens with zero attached hydrogens (tertiary/aromatic N) is 2. The second-order valence-electron chi connectivity index (χ2n) is 5.18. The van der Waals surface area contributed by atoms with Crippen molar-refractivity contribution in [3.63, 3.8) is 0 Å². The number of halogens is 1. The molecule has 3 rings (SSSR count). The number of ether oxygens (including phenoxy) is 1. The van der Waals surface area contributed by atoms with Crippen molar-refractivity contribution >= 4 is 29.7 Å². The minimum absolute atomic E-state index is 0.0273. The summed E-state index contributed by atoms with van der Waals surface area (Å²) in [6, 6.07) is 3.21. The lowest BCUT2D eigenvalue weighted by molar-refractivity contribution is -0.155. The number of alkyl halides is 1. The van der Waals surface area contributed by atoms with Crippen molar-refractivity contribution in [1.29, 1.82) is 0 Å². The van der Waals surface area contributed by atoms with Gasteiger partial charge in [0.25, 0.3) is 5.91 Å². The van der Waals surface area contributed by atoms with E-state index in [9.17, 15) is 9.59 Å². The van der Waals surface area contributed by atoms with Gasteiger partial charge in [-0.05, 0) is 18.1 Å². The van der Waals surface area contributed by atoms with Crippen LogP contribution in [0.5, 0.6) is 0 Å². The molecule has 0 spiro atoms. The third kappa shape index (κ3) is 2.90. The number of esters is 1. The number of carbonyl (C=O) groups excluding carboxylic acids is 2. The molecular weight excluding hydrogens is 294 g/mol. The van der Waals surface area contributed by atoms with E-state index in [2.05, 4.69) is 15.5 Å². The van der Waals surface area contributed by atoms with E-state index in [1.807, 2.05) is 0 Å². The summed E-state index contributed by atoms with van der Waals surface area (Å²) in [4.78, 5) is 27.0. The molecule has 21 heavy (non-hydrogen) atoms. The first-order valence-corrected chi connectivity index (χ1v) is 7.16. The van der Waals surface area contributed by atoms with E-state index in [0.29, 0.717) is 18.4 Å². The Balaban J connectivity index is 1.62. The average Bonchev–Trinajstić information content (AvgIpc) is 2.66. The minimum Gasteiger partial charge on any atom is -0.462 e. The smallest absolute Gasteiger partial charge is 0.306 e. The van der Waals surface area contributed by atoms with E-state index in [0.717, 1.165) is 0 Å². The van der Waals surface area contributed by atoms with E-state index in [1.165, 1.54) is 12.4 Å². The second kappa shape index (κ2) is 5.81. The van der Waals surface area contributed by atoms with Crippen molar-refractivity contribution < 1.29 is 14.3 Å². The van der Waals surface area contributed by atoms with E-state index in [4.69, 9.17) is 16.3 Å². The Morgan fingerprint density at radius 3 is 2.95 bits per heavy atom. The fraction of sp³-hybridized carbons (Fsp3) is 0.429. The van der Waals surface area contributed by atoms with Crippen LogP contribution in [0.1, 0.15) is 23.2 Å². The summed E-state index contributed by atoms with van der Waals surface area (Å²) < 4.78 is 5.27. The van der Waals surface area contributed by atoms with Crippen molar-refractivity contribution in [2.24, 2.45) is 16.9 Å². The van der Waals surface area contributed by atoms with Gasteiger partial charge in [0.2, 0.25) is 0 Å². The number of hydrogen-bond donors (Lipinski definition) is 1. The molecule has 2 aliphatic rings. The Hall–Kier alpha value is -1.95. The predicted octanol–water partition coefficient (Wildman–Crippen LogP) is 1.36. The van der Waals surface area contributed by atoms with Crippen LogP contribution >= 0.6 is 11.6 Å².